The summed E-state index contributed by atoms with van der Waals surface area (Å²) in [5.41, 5.74) is 0. The molecule has 0 rings (SSSR count). The maximum atomic E-state index is 2.32. The van der Waals surface area contributed by atoms with E-state index < -0.39 is 0 Å². The van der Waals surface area contributed by atoms with Gasteiger partial charge in [0.05, 0.1) is 0 Å². The van der Waals surface area contributed by atoms with Crippen molar-refractivity contribution in [2.24, 2.45) is 5.92 Å². The largest absolute Gasteiger partial charge is 0.158 e. The standard InChI is InChI=1S/C9H20S/c1-6-9(7-2,10-5)8(3)4/h8H,6-7H2,1-5H3. The number of hydrogen-bond donors (Lipinski definition) is 0. The monoisotopic (exact) mass is 160 g/mol. The SMILES string of the molecule is CCC(CC)(SC)C(C)C. The highest BCUT2D eigenvalue weighted by atomic mass is 32.2. The minimum atomic E-state index is 0.542. The summed E-state index contributed by atoms with van der Waals surface area (Å²) < 4.78 is 0.542. The lowest BCUT2D eigenvalue weighted by Crippen LogP contribution is -2.29. The Morgan fingerprint density at radius 3 is 1.60 bits per heavy atom. The van der Waals surface area contributed by atoms with Crippen molar-refractivity contribution in [1.82, 2.24) is 0 Å². The van der Waals surface area contributed by atoms with Crippen molar-refractivity contribution in [3.8, 4) is 0 Å². The fourth-order valence-corrected chi connectivity index (χ4v) is 2.64. The predicted octanol–water partition coefficient (Wildman–Crippen LogP) is 3.56. The van der Waals surface area contributed by atoms with Gasteiger partial charge in [-0.1, -0.05) is 27.7 Å². The lowest BCUT2D eigenvalue weighted by molar-refractivity contribution is 0.411. The van der Waals surface area contributed by atoms with E-state index in [9.17, 15) is 0 Å². The van der Waals surface area contributed by atoms with Gasteiger partial charge in [0.15, 0.2) is 0 Å². The molecule has 0 atom stereocenters. The van der Waals surface area contributed by atoms with Crippen LogP contribution in [0.4, 0.5) is 0 Å². The molecule has 0 aromatic carbocycles. The summed E-state index contributed by atoms with van der Waals surface area (Å²) >= 11 is 2.03. The quantitative estimate of drug-likeness (QED) is 0.606. The third kappa shape index (κ3) is 1.91. The van der Waals surface area contributed by atoms with Crippen LogP contribution < -0.4 is 0 Å². The number of rotatable bonds is 4. The third-order valence-corrected chi connectivity index (χ3v) is 4.52. The first kappa shape index (κ1) is 10.3. The van der Waals surface area contributed by atoms with Crippen LogP contribution in [0.3, 0.4) is 0 Å². The minimum Gasteiger partial charge on any atom is -0.158 e. The van der Waals surface area contributed by atoms with Crippen molar-refractivity contribution >= 4 is 11.8 Å². The summed E-state index contributed by atoms with van der Waals surface area (Å²) in [6.45, 7) is 9.23. The highest BCUT2D eigenvalue weighted by Crippen LogP contribution is 2.37. The van der Waals surface area contributed by atoms with Gasteiger partial charge in [-0.3, -0.25) is 0 Å². The predicted molar refractivity (Wildman–Crippen MR) is 51.7 cm³/mol. The van der Waals surface area contributed by atoms with Crippen molar-refractivity contribution in [1.29, 1.82) is 0 Å². The molecule has 1 heteroatoms. The zero-order chi connectivity index (χ0) is 8.20. The molecule has 0 heterocycles. The molecule has 0 bridgehead atoms. The molecule has 0 saturated carbocycles. The first-order valence-electron chi connectivity index (χ1n) is 4.18. The van der Waals surface area contributed by atoms with Crippen LogP contribution in [0.2, 0.25) is 0 Å². The van der Waals surface area contributed by atoms with Crippen LogP contribution in [0.15, 0.2) is 0 Å². The molecule has 0 unspecified atom stereocenters. The maximum absolute atomic E-state index is 2.32. The van der Waals surface area contributed by atoms with Gasteiger partial charge in [-0.25, -0.2) is 0 Å². The Kier molecular flexibility index (Phi) is 4.42. The molecule has 0 amide bonds. The minimum absolute atomic E-state index is 0.542. The van der Waals surface area contributed by atoms with E-state index in [0.29, 0.717) is 4.75 Å². The zero-order valence-corrected chi connectivity index (χ0v) is 8.72. The Morgan fingerprint density at radius 1 is 1.20 bits per heavy atom. The molecule has 0 spiro atoms. The second-order valence-corrected chi connectivity index (χ2v) is 4.35. The molecule has 0 aromatic heterocycles. The molecule has 0 aromatic rings. The average Bonchev–Trinajstić information content (AvgIpc) is 1.92. The Bertz CT molecular complexity index is 74.5. The molecule has 0 N–H and O–H groups in total. The average molecular weight is 160 g/mol. The van der Waals surface area contributed by atoms with Gasteiger partial charge >= 0.3 is 0 Å². The molecule has 0 saturated heterocycles. The van der Waals surface area contributed by atoms with Gasteiger partial charge in [0.2, 0.25) is 0 Å². The Labute approximate surface area is 69.8 Å². The number of hydrogen-bond acceptors (Lipinski definition) is 1. The summed E-state index contributed by atoms with van der Waals surface area (Å²) in [5, 5.41) is 0. The molecule has 10 heavy (non-hydrogen) atoms. The van der Waals surface area contributed by atoms with Crippen LogP contribution in [0.1, 0.15) is 40.5 Å². The van der Waals surface area contributed by atoms with Gasteiger partial charge in [0.25, 0.3) is 0 Å². The molecule has 62 valence electrons. The van der Waals surface area contributed by atoms with Crippen molar-refractivity contribution in [2.45, 2.75) is 45.3 Å². The van der Waals surface area contributed by atoms with E-state index in [0.717, 1.165) is 5.92 Å². The second kappa shape index (κ2) is 4.27. The van der Waals surface area contributed by atoms with E-state index in [1.54, 1.807) is 0 Å². The lowest BCUT2D eigenvalue weighted by atomic mass is 9.90. The topological polar surface area (TPSA) is 0 Å². The summed E-state index contributed by atoms with van der Waals surface area (Å²) in [7, 11) is 0. The van der Waals surface area contributed by atoms with E-state index in [2.05, 4.69) is 34.0 Å². The van der Waals surface area contributed by atoms with Gasteiger partial charge < -0.3 is 0 Å². The Morgan fingerprint density at radius 2 is 1.60 bits per heavy atom. The summed E-state index contributed by atoms with van der Waals surface area (Å²) in [6, 6.07) is 0. The van der Waals surface area contributed by atoms with Crippen LogP contribution in [-0.4, -0.2) is 11.0 Å². The van der Waals surface area contributed by atoms with Crippen LogP contribution >= 0.6 is 11.8 Å². The Balaban J connectivity index is 4.15. The van der Waals surface area contributed by atoms with Crippen molar-refractivity contribution < 1.29 is 0 Å². The molecule has 0 aliphatic rings. The fraction of sp³-hybridized carbons (Fsp3) is 1.00. The van der Waals surface area contributed by atoms with Gasteiger partial charge in [-0.05, 0) is 25.0 Å². The van der Waals surface area contributed by atoms with Crippen LogP contribution in [0, 0.1) is 5.92 Å². The van der Waals surface area contributed by atoms with Gasteiger partial charge in [0, 0.05) is 4.75 Å². The van der Waals surface area contributed by atoms with E-state index in [1.165, 1.54) is 12.8 Å². The van der Waals surface area contributed by atoms with Gasteiger partial charge in [0.1, 0.15) is 0 Å². The normalized spacial score (nSPS) is 12.6. The van der Waals surface area contributed by atoms with Crippen molar-refractivity contribution in [3.63, 3.8) is 0 Å². The fourth-order valence-electron chi connectivity index (χ4n) is 1.59. The summed E-state index contributed by atoms with van der Waals surface area (Å²) in [5.74, 6) is 0.803. The van der Waals surface area contributed by atoms with Crippen LogP contribution in [-0.2, 0) is 0 Å². The lowest BCUT2D eigenvalue weighted by Gasteiger charge is -2.33. The van der Waals surface area contributed by atoms with Crippen LogP contribution in [0.25, 0.3) is 0 Å². The molecule has 0 radical (unpaired) electrons. The number of thioether (sulfide) groups is 1. The zero-order valence-electron chi connectivity index (χ0n) is 7.90. The highest BCUT2D eigenvalue weighted by Gasteiger charge is 2.28. The van der Waals surface area contributed by atoms with Gasteiger partial charge in [-0.15, -0.1) is 0 Å². The smallest absolute Gasteiger partial charge is 0.0175 e. The molecule has 0 aliphatic heterocycles. The molecule has 0 nitrogen and oxygen atoms in total. The maximum Gasteiger partial charge on any atom is 0.0175 e. The molecule has 0 fully saturated rings. The van der Waals surface area contributed by atoms with E-state index >= 15 is 0 Å². The third-order valence-electron chi connectivity index (χ3n) is 2.66. The van der Waals surface area contributed by atoms with Crippen molar-refractivity contribution in [2.75, 3.05) is 6.26 Å². The van der Waals surface area contributed by atoms with E-state index in [-0.39, 0.29) is 0 Å². The second-order valence-electron chi connectivity index (χ2n) is 3.13. The Hall–Kier alpha value is 0.350. The molecular formula is C9H20S. The van der Waals surface area contributed by atoms with E-state index in [1.807, 2.05) is 11.8 Å². The highest BCUT2D eigenvalue weighted by molar-refractivity contribution is 8.00. The van der Waals surface area contributed by atoms with Gasteiger partial charge in [-0.2, -0.15) is 11.8 Å². The van der Waals surface area contributed by atoms with Crippen LogP contribution in [0.5, 0.6) is 0 Å². The molecular weight excluding hydrogens is 140 g/mol. The first-order valence-corrected chi connectivity index (χ1v) is 5.40. The summed E-state index contributed by atoms with van der Waals surface area (Å²) in [4.78, 5) is 0. The summed E-state index contributed by atoms with van der Waals surface area (Å²) in [6.07, 6.45) is 4.82. The van der Waals surface area contributed by atoms with E-state index in [4.69, 9.17) is 0 Å². The van der Waals surface area contributed by atoms with Crippen molar-refractivity contribution in [3.05, 3.63) is 0 Å². The molecule has 0 aliphatic carbocycles. The first-order chi connectivity index (χ1) is 4.63.